The minimum Gasteiger partial charge on any atom is -0.489 e. The average molecular weight is 888 g/mol. The van der Waals surface area contributed by atoms with Crippen molar-refractivity contribution in [2.24, 2.45) is 28.6 Å². The number of nitrogens with zero attached hydrogens (tertiary/aromatic N) is 7. The Morgan fingerprint density at radius 1 is 0.922 bits per heavy atom. The van der Waals surface area contributed by atoms with Gasteiger partial charge in [-0.1, -0.05) is 56.6 Å². The molecular weight excluding hydrogens is 834 g/mol. The van der Waals surface area contributed by atoms with E-state index in [1.54, 1.807) is 30.3 Å². The molecule has 3 atom stereocenters. The van der Waals surface area contributed by atoms with Crippen molar-refractivity contribution in [1.82, 2.24) is 35.4 Å². The highest BCUT2D eigenvalue weighted by molar-refractivity contribution is 6.31. The molecule has 1 saturated carbocycles. The molecule has 64 heavy (non-hydrogen) atoms. The number of imide groups is 1. The summed E-state index contributed by atoms with van der Waals surface area (Å²) in [5.74, 6) is 0.710. The largest absolute Gasteiger partial charge is 0.489 e. The molecule has 9 rings (SSSR count). The molecule has 1 aromatic heterocycles. The Morgan fingerprint density at radius 3 is 2.28 bits per heavy atom. The van der Waals surface area contributed by atoms with Gasteiger partial charge in [-0.05, 0) is 85.5 Å². The van der Waals surface area contributed by atoms with E-state index >= 15 is 0 Å². The van der Waals surface area contributed by atoms with Crippen LogP contribution < -0.4 is 25.8 Å². The Kier molecular flexibility index (Phi) is 11.5. The third-order valence-corrected chi connectivity index (χ3v) is 14.9. The van der Waals surface area contributed by atoms with Crippen LogP contribution in [0.15, 0.2) is 65.5 Å². The maximum absolute atomic E-state index is 13.8. The molecule has 2 N–H and O–H groups in total. The molecule has 16 heteroatoms. The number of ether oxygens (including phenoxy) is 1. The zero-order valence-corrected chi connectivity index (χ0v) is 37.4. The van der Waals surface area contributed by atoms with Gasteiger partial charge in [-0.15, -0.1) is 5.10 Å². The lowest BCUT2D eigenvalue weighted by atomic mass is 9.49. The molecule has 4 aromatic rings. The van der Waals surface area contributed by atoms with E-state index in [0.717, 1.165) is 62.4 Å². The number of hydrogen-bond donors (Lipinski definition) is 2. The van der Waals surface area contributed by atoms with Crippen LogP contribution in [0.1, 0.15) is 80.9 Å². The highest BCUT2D eigenvalue weighted by Gasteiger charge is 2.64. The molecular formula is C48H54ClN9O6. The van der Waals surface area contributed by atoms with E-state index < -0.39 is 17.5 Å². The lowest BCUT2D eigenvalue weighted by Crippen LogP contribution is -2.74. The van der Waals surface area contributed by atoms with E-state index in [1.165, 1.54) is 5.56 Å². The number of rotatable bonds is 10. The first kappa shape index (κ1) is 43.4. The first-order valence-electron chi connectivity index (χ1n) is 22.4. The van der Waals surface area contributed by atoms with Crippen LogP contribution in [0.3, 0.4) is 0 Å². The number of anilines is 1. The molecule has 4 amide bonds. The number of aromatic nitrogens is 3. The van der Waals surface area contributed by atoms with Gasteiger partial charge in [0.1, 0.15) is 29.5 Å². The summed E-state index contributed by atoms with van der Waals surface area (Å²) in [4.78, 5) is 71.6. The Balaban J connectivity index is 0.719. The Labute approximate surface area is 377 Å². The molecule has 5 fully saturated rings. The highest BCUT2D eigenvalue weighted by atomic mass is 35.5. The van der Waals surface area contributed by atoms with Gasteiger partial charge in [-0.3, -0.25) is 29.3 Å². The maximum atomic E-state index is 13.8. The molecule has 5 heterocycles. The summed E-state index contributed by atoms with van der Waals surface area (Å²) in [5.41, 5.74) is 2.36. The van der Waals surface area contributed by atoms with Gasteiger partial charge in [0.2, 0.25) is 11.8 Å². The van der Waals surface area contributed by atoms with Crippen LogP contribution in [-0.2, 0) is 20.8 Å². The molecule has 1 aliphatic carbocycles. The van der Waals surface area contributed by atoms with Crippen molar-refractivity contribution in [2.75, 3.05) is 50.7 Å². The number of likely N-dealkylation sites (tertiary alicyclic amines) is 2. The van der Waals surface area contributed by atoms with E-state index in [4.69, 9.17) is 16.3 Å². The molecule has 5 aliphatic rings. The number of nitrogens with one attached hydrogen (secondary N) is 2. The summed E-state index contributed by atoms with van der Waals surface area (Å²) >= 11 is 6.26. The second-order valence-corrected chi connectivity index (χ2v) is 19.9. The van der Waals surface area contributed by atoms with Crippen LogP contribution in [0.25, 0.3) is 10.9 Å². The molecule has 4 saturated heterocycles. The SMILES string of the molecule is CC1(C)[C@H](NC(=O)c2ccc(CCN3CC4CN(C(=O)C5CCN(c6ccc7nnn(C8CCC(=O)NC8=O)c(=O)c7c6)CC5)CC4C3)cc2)C(C)(C)[C@H]1Oc1ccc(C#N)c(Cl)c1. The molecule has 4 aliphatic heterocycles. The van der Waals surface area contributed by atoms with E-state index in [2.05, 4.69) is 69.4 Å². The average Bonchev–Trinajstić information content (AvgIpc) is 3.86. The minimum atomic E-state index is -0.881. The van der Waals surface area contributed by atoms with Crippen LogP contribution >= 0.6 is 11.6 Å². The number of halogens is 1. The third kappa shape index (κ3) is 8.11. The summed E-state index contributed by atoms with van der Waals surface area (Å²) in [6.45, 7) is 14.2. The van der Waals surface area contributed by atoms with Gasteiger partial charge in [0.15, 0.2) is 0 Å². The summed E-state index contributed by atoms with van der Waals surface area (Å²) in [6, 6.07) is 19.5. The standard InChI is InChI=1S/C48H54ClN9O6/c1-47(2)45(48(3,4)46(47)64-35-11-9-31(23-50)37(49)22-35)52-41(60)29-7-5-28(6-8-29)15-18-55-24-32-26-57(27-33(32)25-55)43(62)30-16-19-56(20-17-30)34-10-12-38-36(21-34)44(63)58(54-53-38)39-13-14-40(59)51-42(39)61/h5-12,21-22,30,32-33,39,45-46H,13-20,24-27H2,1-4H3,(H,52,60)(H,51,59,61)/t32?,33?,39?,45-,46-. The monoisotopic (exact) mass is 887 g/mol. The number of piperidine rings is 2. The van der Waals surface area contributed by atoms with Crippen LogP contribution in [-0.4, -0.2) is 106 Å². The number of carbonyl (C=O) groups is 4. The van der Waals surface area contributed by atoms with E-state index in [1.807, 2.05) is 30.3 Å². The van der Waals surface area contributed by atoms with E-state index in [-0.39, 0.29) is 59.5 Å². The highest BCUT2D eigenvalue weighted by Crippen LogP contribution is 2.55. The molecule has 0 bridgehead atoms. The van der Waals surface area contributed by atoms with E-state index in [0.29, 0.717) is 57.7 Å². The molecule has 334 valence electrons. The number of nitriles is 1. The van der Waals surface area contributed by atoms with Crippen LogP contribution in [0, 0.1) is 39.9 Å². The zero-order chi connectivity index (χ0) is 45.1. The quantitative estimate of drug-likeness (QED) is 0.210. The molecule has 0 radical (unpaired) electrons. The smallest absolute Gasteiger partial charge is 0.278 e. The summed E-state index contributed by atoms with van der Waals surface area (Å²) in [7, 11) is 0. The van der Waals surface area contributed by atoms with Crippen LogP contribution in [0.2, 0.25) is 5.02 Å². The normalized spacial score (nSPS) is 25.3. The van der Waals surface area contributed by atoms with Crippen molar-refractivity contribution in [3.8, 4) is 11.8 Å². The molecule has 3 aromatic carbocycles. The number of carbonyl (C=O) groups excluding carboxylic acids is 4. The second kappa shape index (κ2) is 16.9. The first-order valence-corrected chi connectivity index (χ1v) is 22.7. The summed E-state index contributed by atoms with van der Waals surface area (Å²) in [5, 5.41) is 23.7. The van der Waals surface area contributed by atoms with Crippen molar-refractivity contribution >= 4 is 51.8 Å². The summed E-state index contributed by atoms with van der Waals surface area (Å²) < 4.78 is 7.46. The van der Waals surface area contributed by atoms with Gasteiger partial charge in [0.25, 0.3) is 17.4 Å². The lowest BCUT2D eigenvalue weighted by molar-refractivity contribution is -0.164. The van der Waals surface area contributed by atoms with Gasteiger partial charge in [-0.2, -0.15) is 9.94 Å². The molecule has 15 nitrogen and oxygen atoms in total. The Morgan fingerprint density at radius 2 is 1.62 bits per heavy atom. The Bertz CT molecular complexity index is 2590. The van der Waals surface area contributed by atoms with Gasteiger partial charge in [0.05, 0.1) is 16.0 Å². The number of benzene rings is 3. The molecule has 3 unspecified atom stereocenters. The fraction of sp³-hybridized carbons (Fsp3) is 0.500. The van der Waals surface area contributed by atoms with E-state index in [9.17, 15) is 29.2 Å². The van der Waals surface area contributed by atoms with Gasteiger partial charge in [-0.25, -0.2) is 0 Å². The predicted molar refractivity (Wildman–Crippen MR) is 240 cm³/mol. The fourth-order valence-electron chi connectivity index (χ4n) is 11.4. The molecule has 0 spiro atoms. The Hall–Kier alpha value is -5.85. The van der Waals surface area contributed by atoms with Crippen molar-refractivity contribution in [3.63, 3.8) is 0 Å². The maximum Gasteiger partial charge on any atom is 0.278 e. The number of amides is 4. The zero-order valence-electron chi connectivity index (χ0n) is 36.7. The lowest BCUT2D eigenvalue weighted by Gasteiger charge is -2.63. The van der Waals surface area contributed by atoms with Gasteiger partial charge >= 0.3 is 0 Å². The fourth-order valence-corrected chi connectivity index (χ4v) is 11.6. The second-order valence-electron chi connectivity index (χ2n) is 19.5. The van der Waals surface area contributed by atoms with Crippen LogP contribution in [0.5, 0.6) is 5.75 Å². The van der Waals surface area contributed by atoms with Gasteiger partial charge < -0.3 is 24.8 Å². The van der Waals surface area contributed by atoms with Crippen molar-refractivity contribution in [2.45, 2.75) is 78.0 Å². The van der Waals surface area contributed by atoms with Gasteiger partial charge in [0, 0.05) is 92.3 Å². The number of hydrogen-bond acceptors (Lipinski definition) is 11. The predicted octanol–water partition coefficient (Wildman–Crippen LogP) is 4.76. The number of fused-ring (bicyclic) bond motifs is 2. The third-order valence-electron chi connectivity index (χ3n) is 14.6. The van der Waals surface area contributed by atoms with Crippen molar-refractivity contribution in [3.05, 3.63) is 92.7 Å². The van der Waals surface area contributed by atoms with Crippen molar-refractivity contribution < 1.29 is 23.9 Å². The summed E-state index contributed by atoms with van der Waals surface area (Å²) in [6.07, 6.45) is 2.49. The minimum absolute atomic E-state index is 0.0370. The van der Waals surface area contributed by atoms with Crippen molar-refractivity contribution in [1.29, 1.82) is 5.26 Å². The topological polar surface area (TPSA) is 183 Å². The first-order chi connectivity index (χ1) is 30.6. The van der Waals surface area contributed by atoms with Crippen LogP contribution in [0.4, 0.5) is 5.69 Å².